The summed E-state index contributed by atoms with van der Waals surface area (Å²) in [5.74, 6) is 0.455. The van der Waals surface area contributed by atoms with Crippen LogP contribution in [0.15, 0.2) is 29.6 Å². The van der Waals surface area contributed by atoms with E-state index in [1.165, 1.54) is 28.5 Å². The molecule has 2 aromatic rings. The Morgan fingerprint density at radius 3 is 2.50 bits per heavy atom. The van der Waals surface area contributed by atoms with Crippen LogP contribution in [0.2, 0.25) is 0 Å². The molecule has 0 radical (unpaired) electrons. The third-order valence-corrected chi connectivity index (χ3v) is 5.97. The van der Waals surface area contributed by atoms with Crippen LogP contribution in [-0.4, -0.2) is 23.4 Å². The fourth-order valence-electron chi connectivity index (χ4n) is 3.65. The lowest BCUT2D eigenvalue weighted by Crippen LogP contribution is -2.39. The fourth-order valence-corrected chi connectivity index (χ4v) is 4.61. The Morgan fingerprint density at radius 2 is 1.80 bits per heavy atom. The van der Waals surface area contributed by atoms with E-state index in [1.807, 2.05) is 0 Å². The van der Waals surface area contributed by atoms with Crippen LogP contribution in [0.25, 0.3) is 10.1 Å². The molecule has 1 fully saturated rings. The smallest absolute Gasteiger partial charge is 0.0515 e. The van der Waals surface area contributed by atoms with E-state index >= 15 is 0 Å². The number of hydrogen-bond acceptors (Lipinski definition) is 3. The zero-order valence-electron chi connectivity index (χ0n) is 11.7. The molecule has 1 aliphatic carbocycles. The second-order valence-electron chi connectivity index (χ2n) is 6.09. The van der Waals surface area contributed by atoms with E-state index in [1.54, 1.807) is 11.3 Å². The number of hydrogen-bond donors (Lipinski definition) is 2. The van der Waals surface area contributed by atoms with Crippen LogP contribution < -0.4 is 0 Å². The Balaban J connectivity index is 1.93. The van der Waals surface area contributed by atoms with Gasteiger partial charge in [-0.05, 0) is 47.6 Å². The Bertz CT molecular complexity index is 565. The van der Waals surface area contributed by atoms with Crippen molar-refractivity contribution < 1.29 is 10.2 Å². The summed E-state index contributed by atoms with van der Waals surface area (Å²) in [7, 11) is 0. The number of thiophene rings is 1. The largest absolute Gasteiger partial charge is 0.396 e. The molecule has 0 bridgehead atoms. The molecular formula is C17H22O2S. The van der Waals surface area contributed by atoms with Crippen molar-refractivity contribution in [2.45, 2.75) is 32.1 Å². The third kappa shape index (κ3) is 2.39. The number of aliphatic hydroxyl groups is 2. The van der Waals surface area contributed by atoms with Crippen molar-refractivity contribution in [2.75, 3.05) is 13.2 Å². The van der Waals surface area contributed by atoms with Gasteiger partial charge in [-0.25, -0.2) is 0 Å². The third-order valence-electron chi connectivity index (χ3n) is 4.95. The Hall–Kier alpha value is -0.900. The second-order valence-corrected chi connectivity index (χ2v) is 7.01. The highest BCUT2D eigenvalue weighted by Gasteiger charge is 2.39. The molecule has 0 amide bonds. The van der Waals surface area contributed by atoms with Gasteiger partial charge in [0.05, 0.1) is 13.2 Å². The van der Waals surface area contributed by atoms with Gasteiger partial charge in [0.25, 0.3) is 0 Å². The van der Waals surface area contributed by atoms with Crippen LogP contribution in [0.4, 0.5) is 0 Å². The summed E-state index contributed by atoms with van der Waals surface area (Å²) in [6.07, 6.45) is 5.54. The van der Waals surface area contributed by atoms with Crippen molar-refractivity contribution in [2.24, 2.45) is 11.3 Å². The van der Waals surface area contributed by atoms with Gasteiger partial charge < -0.3 is 10.2 Å². The average Bonchev–Trinajstić information content (AvgIpc) is 3.15. The van der Waals surface area contributed by atoms with E-state index in [2.05, 4.69) is 29.6 Å². The van der Waals surface area contributed by atoms with Gasteiger partial charge >= 0.3 is 0 Å². The SMILES string of the molecule is OCC(CO)(Cc1csc2ccccc12)C1CCCC1. The quantitative estimate of drug-likeness (QED) is 0.883. The van der Waals surface area contributed by atoms with Crippen LogP contribution >= 0.6 is 11.3 Å². The maximum Gasteiger partial charge on any atom is 0.0515 e. The van der Waals surface area contributed by atoms with E-state index in [0.29, 0.717) is 5.92 Å². The van der Waals surface area contributed by atoms with Gasteiger partial charge in [-0.15, -0.1) is 11.3 Å². The van der Waals surface area contributed by atoms with Crippen LogP contribution in [0.1, 0.15) is 31.2 Å². The average molecular weight is 290 g/mol. The molecule has 108 valence electrons. The molecule has 0 spiro atoms. The summed E-state index contributed by atoms with van der Waals surface area (Å²) >= 11 is 1.75. The van der Waals surface area contributed by atoms with Gasteiger partial charge in [-0.3, -0.25) is 0 Å². The number of benzene rings is 1. The van der Waals surface area contributed by atoms with Gasteiger partial charge in [0.2, 0.25) is 0 Å². The summed E-state index contributed by atoms with van der Waals surface area (Å²) in [6.45, 7) is 0.163. The molecule has 0 unspecified atom stereocenters. The van der Waals surface area contributed by atoms with Crippen molar-refractivity contribution in [3.63, 3.8) is 0 Å². The molecule has 1 aromatic heterocycles. The molecule has 0 atom stereocenters. The van der Waals surface area contributed by atoms with E-state index in [0.717, 1.165) is 19.3 Å². The normalized spacial score (nSPS) is 17.1. The minimum atomic E-state index is -0.347. The lowest BCUT2D eigenvalue weighted by atomic mass is 9.71. The van der Waals surface area contributed by atoms with E-state index < -0.39 is 0 Å². The first kappa shape index (κ1) is 14.1. The topological polar surface area (TPSA) is 40.5 Å². The van der Waals surface area contributed by atoms with Crippen LogP contribution in [-0.2, 0) is 6.42 Å². The van der Waals surface area contributed by atoms with Crippen LogP contribution in [0.3, 0.4) is 0 Å². The number of rotatable bonds is 5. The number of aliphatic hydroxyl groups excluding tert-OH is 2. The summed E-state index contributed by atoms with van der Waals surface area (Å²) in [5.41, 5.74) is 0.931. The Kier molecular flexibility index (Phi) is 4.11. The lowest BCUT2D eigenvalue weighted by molar-refractivity contribution is 0.00602. The maximum atomic E-state index is 9.95. The minimum absolute atomic E-state index is 0.0817. The van der Waals surface area contributed by atoms with Crippen LogP contribution in [0, 0.1) is 11.3 Å². The highest BCUT2D eigenvalue weighted by molar-refractivity contribution is 7.17. The predicted octanol–water partition coefficient (Wildman–Crippen LogP) is 3.61. The van der Waals surface area contributed by atoms with E-state index in [4.69, 9.17) is 0 Å². The molecule has 1 aromatic carbocycles. The highest BCUT2D eigenvalue weighted by atomic mass is 32.1. The van der Waals surface area contributed by atoms with Crippen molar-refractivity contribution >= 4 is 21.4 Å². The van der Waals surface area contributed by atoms with Crippen molar-refractivity contribution in [1.29, 1.82) is 0 Å². The minimum Gasteiger partial charge on any atom is -0.396 e. The predicted molar refractivity (Wildman–Crippen MR) is 84.1 cm³/mol. The first-order chi connectivity index (χ1) is 9.79. The molecule has 2 N–H and O–H groups in total. The van der Waals surface area contributed by atoms with Gasteiger partial charge in [0, 0.05) is 10.1 Å². The zero-order chi connectivity index (χ0) is 14.0. The molecule has 3 heteroatoms. The fraction of sp³-hybridized carbons (Fsp3) is 0.529. The first-order valence-corrected chi connectivity index (χ1v) is 8.34. The van der Waals surface area contributed by atoms with Gasteiger partial charge in [-0.1, -0.05) is 31.0 Å². The summed E-state index contributed by atoms with van der Waals surface area (Å²) < 4.78 is 1.29. The molecule has 20 heavy (non-hydrogen) atoms. The summed E-state index contributed by atoms with van der Waals surface area (Å²) in [4.78, 5) is 0. The zero-order valence-corrected chi connectivity index (χ0v) is 12.5. The molecule has 3 rings (SSSR count). The lowest BCUT2D eigenvalue weighted by Gasteiger charge is -2.36. The molecule has 2 nitrogen and oxygen atoms in total. The molecule has 1 heterocycles. The molecule has 1 saturated carbocycles. The molecule has 0 saturated heterocycles. The Morgan fingerprint density at radius 1 is 1.10 bits per heavy atom. The molecule has 1 aliphatic rings. The Labute approximate surface area is 124 Å². The monoisotopic (exact) mass is 290 g/mol. The van der Waals surface area contributed by atoms with E-state index in [9.17, 15) is 10.2 Å². The van der Waals surface area contributed by atoms with Crippen molar-refractivity contribution in [1.82, 2.24) is 0 Å². The summed E-state index contributed by atoms with van der Waals surface area (Å²) in [5, 5.41) is 23.4. The van der Waals surface area contributed by atoms with Crippen LogP contribution in [0.5, 0.6) is 0 Å². The number of fused-ring (bicyclic) bond motifs is 1. The second kappa shape index (κ2) is 5.84. The van der Waals surface area contributed by atoms with Gasteiger partial charge in [0.15, 0.2) is 0 Å². The van der Waals surface area contributed by atoms with Gasteiger partial charge in [-0.2, -0.15) is 0 Å². The first-order valence-electron chi connectivity index (χ1n) is 7.46. The van der Waals surface area contributed by atoms with Crippen molar-refractivity contribution in [3.8, 4) is 0 Å². The van der Waals surface area contributed by atoms with E-state index in [-0.39, 0.29) is 18.6 Å². The summed E-state index contributed by atoms with van der Waals surface area (Å²) in [6, 6.07) is 8.41. The molecule has 0 aliphatic heterocycles. The van der Waals surface area contributed by atoms with Crippen molar-refractivity contribution in [3.05, 3.63) is 35.2 Å². The molecular weight excluding hydrogens is 268 g/mol. The van der Waals surface area contributed by atoms with Gasteiger partial charge in [0.1, 0.15) is 0 Å². The highest BCUT2D eigenvalue weighted by Crippen LogP contribution is 2.43. The maximum absolute atomic E-state index is 9.95. The standard InChI is InChI=1S/C17H22O2S/c18-11-17(12-19,14-5-1-2-6-14)9-13-10-20-16-8-4-3-7-15(13)16/h3-4,7-8,10,14,18-19H,1-2,5-6,9,11-12H2.